The quantitative estimate of drug-likeness (QED) is 0.818. The zero-order valence-electron chi connectivity index (χ0n) is 12.3. The van der Waals surface area contributed by atoms with Gasteiger partial charge in [-0.05, 0) is 34.4 Å². The van der Waals surface area contributed by atoms with E-state index in [1.54, 1.807) is 0 Å². The lowest BCUT2D eigenvalue weighted by atomic mass is 10.0. The Morgan fingerprint density at radius 2 is 1.68 bits per heavy atom. The van der Waals surface area contributed by atoms with Crippen LogP contribution >= 0.6 is 0 Å². The van der Waals surface area contributed by atoms with E-state index in [9.17, 15) is 4.79 Å². The molecule has 0 spiro atoms. The van der Waals surface area contributed by atoms with Crippen LogP contribution in [0.1, 0.15) is 33.3 Å². The minimum Gasteiger partial charge on any atom is -0.399 e. The molecule has 1 aliphatic carbocycles. The third-order valence-electron chi connectivity index (χ3n) is 5.17. The molecule has 0 saturated heterocycles. The molecule has 1 amide bonds. The van der Waals surface area contributed by atoms with Crippen LogP contribution in [-0.2, 0) is 11.2 Å². The number of hydrogen-bond acceptors (Lipinski definition) is 2. The van der Waals surface area contributed by atoms with Crippen LogP contribution in [0.2, 0.25) is 0 Å². The van der Waals surface area contributed by atoms with Crippen molar-refractivity contribution in [1.29, 1.82) is 0 Å². The SMILES string of the molecule is CC1(C)C(CNC(=O)Cc2ccc(N)cc2)C1(C)C. The van der Waals surface area contributed by atoms with E-state index in [1.165, 1.54) is 0 Å². The van der Waals surface area contributed by atoms with Crippen molar-refractivity contribution in [2.75, 3.05) is 12.3 Å². The summed E-state index contributed by atoms with van der Waals surface area (Å²) in [7, 11) is 0. The summed E-state index contributed by atoms with van der Waals surface area (Å²) in [6, 6.07) is 7.46. The van der Waals surface area contributed by atoms with Crippen LogP contribution < -0.4 is 11.1 Å². The minimum absolute atomic E-state index is 0.0864. The van der Waals surface area contributed by atoms with E-state index < -0.39 is 0 Å². The normalized spacial score (nSPS) is 20.0. The molecule has 0 atom stereocenters. The van der Waals surface area contributed by atoms with Crippen molar-refractivity contribution in [2.24, 2.45) is 16.7 Å². The molecular weight excluding hydrogens is 236 g/mol. The number of hydrogen-bond donors (Lipinski definition) is 2. The lowest BCUT2D eigenvalue weighted by Crippen LogP contribution is -2.28. The fraction of sp³-hybridized carbons (Fsp3) is 0.562. The molecule has 3 nitrogen and oxygen atoms in total. The lowest BCUT2D eigenvalue weighted by molar-refractivity contribution is -0.120. The molecule has 1 aliphatic rings. The lowest BCUT2D eigenvalue weighted by Gasteiger charge is -2.07. The van der Waals surface area contributed by atoms with Crippen LogP contribution in [0.3, 0.4) is 0 Å². The monoisotopic (exact) mass is 260 g/mol. The van der Waals surface area contributed by atoms with Gasteiger partial charge in [0.15, 0.2) is 0 Å². The third kappa shape index (κ3) is 2.60. The van der Waals surface area contributed by atoms with Gasteiger partial charge < -0.3 is 11.1 Å². The predicted octanol–water partition coefficient (Wildman–Crippen LogP) is 2.61. The summed E-state index contributed by atoms with van der Waals surface area (Å²) in [6.07, 6.45) is 0.424. The topological polar surface area (TPSA) is 55.1 Å². The van der Waals surface area contributed by atoms with Crippen molar-refractivity contribution in [3.8, 4) is 0 Å². The standard InChI is InChI=1S/C16H24N2O/c1-15(2)13(16(15,3)4)10-18-14(19)9-11-5-7-12(17)8-6-11/h5-8,13H,9-10,17H2,1-4H3,(H,18,19). The molecule has 3 heteroatoms. The fourth-order valence-corrected chi connectivity index (χ4v) is 2.94. The van der Waals surface area contributed by atoms with Crippen molar-refractivity contribution in [1.82, 2.24) is 5.32 Å². The number of amides is 1. The van der Waals surface area contributed by atoms with Crippen LogP contribution in [0.4, 0.5) is 5.69 Å². The zero-order chi connectivity index (χ0) is 14.3. The molecule has 0 heterocycles. The second-order valence-electron chi connectivity index (χ2n) is 6.72. The molecule has 0 aromatic heterocycles. The Labute approximate surface area is 115 Å². The second-order valence-corrected chi connectivity index (χ2v) is 6.72. The van der Waals surface area contributed by atoms with Crippen molar-refractivity contribution < 1.29 is 4.79 Å². The summed E-state index contributed by atoms with van der Waals surface area (Å²) in [5, 5.41) is 3.05. The average molecular weight is 260 g/mol. The van der Waals surface area contributed by atoms with Crippen molar-refractivity contribution in [3.05, 3.63) is 29.8 Å². The second kappa shape index (κ2) is 4.55. The molecule has 2 rings (SSSR count). The van der Waals surface area contributed by atoms with Gasteiger partial charge in [0.05, 0.1) is 6.42 Å². The maximum Gasteiger partial charge on any atom is 0.224 e. The maximum atomic E-state index is 11.9. The number of carbonyl (C=O) groups excluding carboxylic acids is 1. The third-order valence-corrected chi connectivity index (χ3v) is 5.17. The van der Waals surface area contributed by atoms with Crippen molar-refractivity contribution in [3.63, 3.8) is 0 Å². The smallest absolute Gasteiger partial charge is 0.224 e. The van der Waals surface area contributed by atoms with Crippen LogP contribution in [0.15, 0.2) is 24.3 Å². The van der Waals surface area contributed by atoms with Gasteiger partial charge in [-0.25, -0.2) is 0 Å². The van der Waals surface area contributed by atoms with E-state index in [0.29, 0.717) is 23.2 Å². The van der Waals surface area contributed by atoms with E-state index in [4.69, 9.17) is 5.73 Å². The van der Waals surface area contributed by atoms with Gasteiger partial charge in [-0.2, -0.15) is 0 Å². The van der Waals surface area contributed by atoms with Crippen molar-refractivity contribution >= 4 is 11.6 Å². The molecule has 1 saturated carbocycles. The molecule has 0 aliphatic heterocycles. The van der Waals surface area contributed by atoms with Crippen molar-refractivity contribution in [2.45, 2.75) is 34.1 Å². The molecule has 3 N–H and O–H groups in total. The Bertz CT molecular complexity index is 460. The van der Waals surface area contributed by atoms with Gasteiger partial charge in [0, 0.05) is 12.2 Å². The van der Waals surface area contributed by atoms with Crippen LogP contribution in [0, 0.1) is 16.7 Å². The largest absolute Gasteiger partial charge is 0.399 e. The van der Waals surface area contributed by atoms with E-state index >= 15 is 0 Å². The van der Waals surface area contributed by atoms with Gasteiger partial charge in [0.25, 0.3) is 0 Å². The Morgan fingerprint density at radius 1 is 1.16 bits per heavy atom. The molecule has 1 fully saturated rings. The molecule has 0 radical (unpaired) electrons. The van der Waals surface area contributed by atoms with E-state index in [0.717, 1.165) is 17.8 Å². The number of benzene rings is 1. The molecule has 19 heavy (non-hydrogen) atoms. The van der Waals surface area contributed by atoms with E-state index in [-0.39, 0.29) is 5.91 Å². The highest BCUT2D eigenvalue weighted by atomic mass is 16.1. The number of nitrogens with two attached hydrogens (primary N) is 1. The minimum atomic E-state index is 0.0864. The fourth-order valence-electron chi connectivity index (χ4n) is 2.94. The Kier molecular flexibility index (Phi) is 3.33. The first-order chi connectivity index (χ1) is 8.75. The molecule has 1 aromatic rings. The number of rotatable bonds is 4. The summed E-state index contributed by atoms with van der Waals surface area (Å²) >= 11 is 0. The molecular formula is C16H24N2O. The summed E-state index contributed by atoms with van der Waals surface area (Å²) in [5.41, 5.74) is 7.99. The molecule has 104 valence electrons. The van der Waals surface area contributed by atoms with Crippen LogP contribution in [0.5, 0.6) is 0 Å². The maximum absolute atomic E-state index is 11.9. The highest BCUT2D eigenvalue weighted by Crippen LogP contribution is 2.67. The first kappa shape index (κ1) is 13.9. The Morgan fingerprint density at radius 3 is 2.16 bits per heavy atom. The Balaban J connectivity index is 1.82. The van der Waals surface area contributed by atoms with Crippen LogP contribution in [0.25, 0.3) is 0 Å². The van der Waals surface area contributed by atoms with Gasteiger partial charge in [0.1, 0.15) is 0 Å². The summed E-state index contributed by atoms with van der Waals surface area (Å²) in [5.74, 6) is 0.652. The van der Waals surface area contributed by atoms with Gasteiger partial charge in [0.2, 0.25) is 5.91 Å². The first-order valence-electron chi connectivity index (χ1n) is 6.86. The average Bonchev–Trinajstić information content (AvgIpc) is 2.70. The summed E-state index contributed by atoms with van der Waals surface area (Å²) < 4.78 is 0. The van der Waals surface area contributed by atoms with Gasteiger partial charge in [-0.1, -0.05) is 39.8 Å². The first-order valence-corrected chi connectivity index (χ1v) is 6.86. The van der Waals surface area contributed by atoms with Gasteiger partial charge in [-0.3, -0.25) is 4.79 Å². The molecule has 1 aromatic carbocycles. The number of nitrogens with one attached hydrogen (secondary N) is 1. The highest BCUT2D eigenvalue weighted by Gasteiger charge is 2.64. The molecule has 0 bridgehead atoms. The van der Waals surface area contributed by atoms with Gasteiger partial charge in [-0.15, -0.1) is 0 Å². The highest BCUT2D eigenvalue weighted by molar-refractivity contribution is 5.78. The van der Waals surface area contributed by atoms with Gasteiger partial charge >= 0.3 is 0 Å². The Hall–Kier alpha value is -1.51. The number of carbonyl (C=O) groups is 1. The van der Waals surface area contributed by atoms with Crippen LogP contribution in [-0.4, -0.2) is 12.5 Å². The summed E-state index contributed by atoms with van der Waals surface area (Å²) in [4.78, 5) is 11.9. The van der Waals surface area contributed by atoms with E-state index in [1.807, 2.05) is 24.3 Å². The van der Waals surface area contributed by atoms with E-state index in [2.05, 4.69) is 33.0 Å². The number of nitrogen functional groups attached to an aromatic ring is 1. The molecule has 0 unspecified atom stereocenters. The summed E-state index contributed by atoms with van der Waals surface area (Å²) in [6.45, 7) is 9.84. The number of anilines is 1. The predicted molar refractivity (Wildman–Crippen MR) is 78.6 cm³/mol. The zero-order valence-corrected chi connectivity index (χ0v) is 12.3.